The number of piperidine rings is 1. The Bertz CT molecular complexity index is 255. The fraction of sp³-hybridized carbons (Fsp3) is 1.00. The van der Waals surface area contributed by atoms with E-state index in [0.717, 1.165) is 12.5 Å². The van der Waals surface area contributed by atoms with Gasteiger partial charge in [0.05, 0.1) is 0 Å². The van der Waals surface area contributed by atoms with Gasteiger partial charge in [-0.2, -0.15) is 0 Å². The number of nitrogens with zero attached hydrogens (tertiary/aromatic N) is 2. The summed E-state index contributed by atoms with van der Waals surface area (Å²) in [5.74, 6) is 0.976. The maximum atomic E-state index is 6.22. The van der Waals surface area contributed by atoms with Gasteiger partial charge in [0, 0.05) is 18.6 Å². The van der Waals surface area contributed by atoms with Crippen molar-refractivity contribution in [3.05, 3.63) is 0 Å². The van der Waals surface area contributed by atoms with Crippen LogP contribution in [0, 0.1) is 5.92 Å². The SMILES string of the molecule is CCCN1CCC(CN)(N(CCC)CC2CC2)CC1. The lowest BCUT2D eigenvalue weighted by Crippen LogP contribution is -2.60. The number of hydrogen-bond donors (Lipinski definition) is 1. The first kappa shape index (κ1) is 15.3. The minimum absolute atomic E-state index is 0.308. The third-order valence-electron chi connectivity index (χ3n) is 5.05. The van der Waals surface area contributed by atoms with Crippen LogP contribution in [0.15, 0.2) is 0 Å². The highest BCUT2D eigenvalue weighted by Crippen LogP contribution is 2.35. The third kappa shape index (κ3) is 3.93. The molecule has 2 N–H and O–H groups in total. The van der Waals surface area contributed by atoms with Crippen LogP contribution in [0.3, 0.4) is 0 Å². The molecule has 2 fully saturated rings. The molecule has 1 aliphatic heterocycles. The van der Waals surface area contributed by atoms with Crippen LogP contribution in [0.1, 0.15) is 52.4 Å². The monoisotopic (exact) mass is 267 g/mol. The molecule has 1 heterocycles. The summed E-state index contributed by atoms with van der Waals surface area (Å²) in [5.41, 5.74) is 6.53. The molecule has 0 aromatic rings. The Balaban J connectivity index is 1.95. The van der Waals surface area contributed by atoms with E-state index in [1.807, 2.05) is 0 Å². The molecule has 0 unspecified atom stereocenters. The molecule has 0 bridgehead atoms. The van der Waals surface area contributed by atoms with Gasteiger partial charge in [0.25, 0.3) is 0 Å². The Hall–Kier alpha value is -0.120. The van der Waals surface area contributed by atoms with E-state index in [4.69, 9.17) is 5.73 Å². The zero-order valence-corrected chi connectivity index (χ0v) is 13.0. The van der Waals surface area contributed by atoms with Crippen LogP contribution in [0.5, 0.6) is 0 Å². The molecule has 1 aliphatic carbocycles. The van der Waals surface area contributed by atoms with Crippen molar-refractivity contribution in [3.63, 3.8) is 0 Å². The molecule has 0 aromatic heterocycles. The van der Waals surface area contributed by atoms with Crippen molar-refractivity contribution in [1.82, 2.24) is 9.80 Å². The van der Waals surface area contributed by atoms with E-state index in [2.05, 4.69) is 23.6 Å². The second-order valence-electron chi connectivity index (χ2n) is 6.66. The summed E-state index contributed by atoms with van der Waals surface area (Å²) in [7, 11) is 0. The van der Waals surface area contributed by atoms with E-state index >= 15 is 0 Å². The van der Waals surface area contributed by atoms with Gasteiger partial charge >= 0.3 is 0 Å². The van der Waals surface area contributed by atoms with Gasteiger partial charge in [-0.3, -0.25) is 4.90 Å². The molecule has 2 rings (SSSR count). The van der Waals surface area contributed by atoms with Crippen LogP contribution < -0.4 is 5.73 Å². The first-order valence-electron chi connectivity index (χ1n) is 8.41. The lowest BCUT2D eigenvalue weighted by atomic mass is 9.85. The molecule has 0 amide bonds. The molecule has 2 aliphatic rings. The maximum absolute atomic E-state index is 6.22. The van der Waals surface area contributed by atoms with Crippen LogP contribution in [-0.2, 0) is 0 Å². The second kappa shape index (κ2) is 7.05. The summed E-state index contributed by atoms with van der Waals surface area (Å²) < 4.78 is 0. The van der Waals surface area contributed by atoms with Crippen molar-refractivity contribution in [3.8, 4) is 0 Å². The molecule has 0 atom stereocenters. The zero-order valence-electron chi connectivity index (χ0n) is 13.0. The van der Waals surface area contributed by atoms with Gasteiger partial charge in [0.2, 0.25) is 0 Å². The predicted molar refractivity (Wildman–Crippen MR) is 82.3 cm³/mol. The second-order valence-corrected chi connectivity index (χ2v) is 6.66. The smallest absolute Gasteiger partial charge is 0.0356 e. The Morgan fingerprint density at radius 2 is 1.84 bits per heavy atom. The Labute approximate surface area is 119 Å². The molecule has 1 saturated carbocycles. The van der Waals surface area contributed by atoms with Crippen LogP contribution >= 0.6 is 0 Å². The lowest BCUT2D eigenvalue weighted by molar-refractivity contribution is 0.0232. The molecule has 0 aromatic carbocycles. The Kier molecular flexibility index (Phi) is 5.67. The Morgan fingerprint density at radius 1 is 1.16 bits per heavy atom. The summed E-state index contributed by atoms with van der Waals surface area (Å²) in [6, 6.07) is 0. The van der Waals surface area contributed by atoms with Crippen LogP contribution in [0.4, 0.5) is 0 Å². The highest BCUT2D eigenvalue weighted by Gasteiger charge is 2.40. The van der Waals surface area contributed by atoms with Crippen LogP contribution in [0.2, 0.25) is 0 Å². The van der Waals surface area contributed by atoms with E-state index in [1.165, 1.54) is 71.2 Å². The van der Waals surface area contributed by atoms with Gasteiger partial charge < -0.3 is 10.6 Å². The van der Waals surface area contributed by atoms with Crippen molar-refractivity contribution in [2.24, 2.45) is 11.7 Å². The van der Waals surface area contributed by atoms with Gasteiger partial charge in [0.1, 0.15) is 0 Å². The summed E-state index contributed by atoms with van der Waals surface area (Å²) >= 11 is 0. The van der Waals surface area contributed by atoms with Crippen molar-refractivity contribution < 1.29 is 0 Å². The molecule has 3 heteroatoms. The average molecular weight is 267 g/mol. The summed E-state index contributed by atoms with van der Waals surface area (Å²) in [6.07, 6.45) is 7.97. The molecule has 19 heavy (non-hydrogen) atoms. The van der Waals surface area contributed by atoms with Crippen molar-refractivity contribution in [1.29, 1.82) is 0 Å². The van der Waals surface area contributed by atoms with E-state index in [-0.39, 0.29) is 0 Å². The number of hydrogen-bond acceptors (Lipinski definition) is 3. The number of nitrogens with two attached hydrogens (primary N) is 1. The van der Waals surface area contributed by atoms with Crippen molar-refractivity contribution in [2.45, 2.75) is 57.9 Å². The predicted octanol–water partition coefficient (Wildman–Crippen LogP) is 2.31. The highest BCUT2D eigenvalue weighted by molar-refractivity contribution is 4.97. The topological polar surface area (TPSA) is 32.5 Å². The normalized spacial score (nSPS) is 24.0. The first-order chi connectivity index (χ1) is 9.24. The lowest BCUT2D eigenvalue weighted by Gasteiger charge is -2.48. The minimum atomic E-state index is 0.308. The van der Waals surface area contributed by atoms with Crippen LogP contribution in [-0.4, -0.2) is 54.6 Å². The molecular weight excluding hydrogens is 234 g/mol. The van der Waals surface area contributed by atoms with Crippen molar-refractivity contribution >= 4 is 0 Å². The van der Waals surface area contributed by atoms with Crippen molar-refractivity contribution in [2.75, 3.05) is 39.3 Å². The maximum Gasteiger partial charge on any atom is 0.0356 e. The largest absolute Gasteiger partial charge is 0.329 e. The van der Waals surface area contributed by atoms with E-state index in [1.54, 1.807) is 0 Å². The third-order valence-corrected chi connectivity index (χ3v) is 5.05. The molecular formula is C16H33N3. The average Bonchev–Trinajstić information content (AvgIpc) is 3.24. The van der Waals surface area contributed by atoms with E-state index in [9.17, 15) is 0 Å². The van der Waals surface area contributed by atoms with Crippen LogP contribution in [0.25, 0.3) is 0 Å². The highest BCUT2D eigenvalue weighted by atomic mass is 15.2. The quantitative estimate of drug-likeness (QED) is 0.732. The number of likely N-dealkylation sites (tertiary alicyclic amines) is 1. The Morgan fingerprint density at radius 3 is 2.32 bits per heavy atom. The first-order valence-corrected chi connectivity index (χ1v) is 8.41. The summed E-state index contributed by atoms with van der Waals surface area (Å²) in [4.78, 5) is 5.38. The summed E-state index contributed by atoms with van der Waals surface area (Å²) in [5, 5.41) is 0. The molecule has 112 valence electrons. The zero-order chi connectivity index (χ0) is 13.7. The molecule has 3 nitrogen and oxygen atoms in total. The number of rotatable bonds is 8. The van der Waals surface area contributed by atoms with Gasteiger partial charge in [-0.05, 0) is 70.6 Å². The fourth-order valence-electron chi connectivity index (χ4n) is 3.56. The van der Waals surface area contributed by atoms with E-state index < -0.39 is 0 Å². The molecule has 1 saturated heterocycles. The minimum Gasteiger partial charge on any atom is -0.329 e. The standard InChI is InChI=1S/C16H33N3/c1-3-9-18-11-7-16(14-17,8-12-18)19(10-4-2)13-15-5-6-15/h15H,3-14,17H2,1-2H3. The van der Waals surface area contributed by atoms with Gasteiger partial charge in [-0.25, -0.2) is 0 Å². The fourth-order valence-corrected chi connectivity index (χ4v) is 3.56. The van der Waals surface area contributed by atoms with Gasteiger partial charge in [-0.1, -0.05) is 13.8 Å². The molecule has 0 spiro atoms. The summed E-state index contributed by atoms with van der Waals surface area (Å²) in [6.45, 7) is 11.7. The van der Waals surface area contributed by atoms with Gasteiger partial charge in [-0.15, -0.1) is 0 Å². The van der Waals surface area contributed by atoms with E-state index in [0.29, 0.717) is 5.54 Å². The molecule has 0 radical (unpaired) electrons. The van der Waals surface area contributed by atoms with Gasteiger partial charge in [0.15, 0.2) is 0 Å².